The molecule has 1 aromatic rings. The molecule has 1 aliphatic rings. The van der Waals surface area contributed by atoms with Crippen molar-refractivity contribution >= 4 is 19.2 Å². The van der Waals surface area contributed by atoms with Gasteiger partial charge in [0.25, 0.3) is 0 Å². The van der Waals surface area contributed by atoms with Crippen molar-refractivity contribution in [1.82, 2.24) is 0 Å². The first-order valence-corrected chi connectivity index (χ1v) is 10.1. The van der Waals surface area contributed by atoms with E-state index in [1.54, 1.807) is 38.1 Å². The first kappa shape index (κ1) is 19.5. The van der Waals surface area contributed by atoms with Crippen LogP contribution in [0.2, 0.25) is 0 Å². The third-order valence-electron chi connectivity index (χ3n) is 3.95. The van der Waals surface area contributed by atoms with Crippen LogP contribution in [0, 0.1) is 23.2 Å². The SMILES string of the molecule is CCOP(=O)(Cc1ccccc1C(=O)C(C#N)C(=O)C1CC1)OCC. The molecule has 0 N–H and O–H groups in total. The summed E-state index contributed by atoms with van der Waals surface area (Å²) in [5.74, 6) is -2.36. The molecule has 25 heavy (non-hydrogen) atoms. The number of Topliss-reactive ketones (excluding diaryl/α,β-unsaturated/α-hetero) is 2. The Kier molecular flexibility index (Phi) is 6.66. The Balaban J connectivity index is 2.30. The Morgan fingerprint density at radius 2 is 1.84 bits per heavy atom. The molecule has 1 unspecified atom stereocenters. The van der Waals surface area contributed by atoms with Gasteiger partial charge in [0.15, 0.2) is 17.5 Å². The highest BCUT2D eigenvalue weighted by atomic mass is 31.2. The van der Waals surface area contributed by atoms with E-state index in [-0.39, 0.29) is 36.6 Å². The fraction of sp³-hybridized carbons (Fsp3) is 0.500. The highest BCUT2D eigenvalue weighted by Crippen LogP contribution is 2.51. The van der Waals surface area contributed by atoms with E-state index in [1.807, 2.05) is 6.07 Å². The molecule has 0 aromatic heterocycles. The Morgan fingerprint density at radius 3 is 2.36 bits per heavy atom. The Hall–Kier alpha value is -1.80. The molecule has 0 radical (unpaired) electrons. The molecule has 0 aliphatic heterocycles. The van der Waals surface area contributed by atoms with Crippen molar-refractivity contribution in [3.8, 4) is 6.07 Å². The molecule has 7 heteroatoms. The molecule has 134 valence electrons. The van der Waals surface area contributed by atoms with Gasteiger partial charge in [-0.25, -0.2) is 0 Å². The number of nitrogens with zero attached hydrogens (tertiary/aromatic N) is 1. The molecule has 1 atom stereocenters. The van der Waals surface area contributed by atoms with Gasteiger partial charge in [-0.05, 0) is 32.3 Å². The first-order chi connectivity index (χ1) is 12.0. The number of hydrogen-bond acceptors (Lipinski definition) is 6. The van der Waals surface area contributed by atoms with Crippen LogP contribution in [0.5, 0.6) is 0 Å². The topological polar surface area (TPSA) is 93.5 Å². The lowest BCUT2D eigenvalue weighted by Gasteiger charge is -2.19. The summed E-state index contributed by atoms with van der Waals surface area (Å²) in [5, 5.41) is 9.30. The maximum absolute atomic E-state index is 12.8. The predicted molar refractivity (Wildman–Crippen MR) is 92.2 cm³/mol. The number of carbonyl (C=O) groups excluding carboxylic acids is 2. The smallest absolute Gasteiger partial charge is 0.309 e. The molecule has 0 heterocycles. The molecular weight excluding hydrogens is 341 g/mol. The highest BCUT2D eigenvalue weighted by Gasteiger charge is 2.39. The average Bonchev–Trinajstić information content (AvgIpc) is 3.41. The second-order valence-corrected chi connectivity index (χ2v) is 7.92. The van der Waals surface area contributed by atoms with Crippen LogP contribution in [0.3, 0.4) is 0 Å². The number of nitriles is 1. The first-order valence-electron chi connectivity index (χ1n) is 8.39. The second kappa shape index (κ2) is 8.53. The van der Waals surface area contributed by atoms with Crippen molar-refractivity contribution in [1.29, 1.82) is 5.26 Å². The number of rotatable bonds is 10. The third kappa shape index (κ3) is 4.85. The van der Waals surface area contributed by atoms with Crippen LogP contribution in [0.4, 0.5) is 0 Å². The Morgan fingerprint density at radius 1 is 1.24 bits per heavy atom. The molecule has 1 aromatic carbocycles. The molecular formula is C18H22NO5P. The van der Waals surface area contributed by atoms with Crippen molar-refractivity contribution in [3.63, 3.8) is 0 Å². The molecule has 1 fully saturated rings. The van der Waals surface area contributed by atoms with E-state index in [2.05, 4.69) is 0 Å². The lowest BCUT2D eigenvalue weighted by Crippen LogP contribution is -2.25. The summed E-state index contributed by atoms with van der Waals surface area (Å²) in [6, 6.07) is 8.38. The standard InChI is InChI=1S/C18H22NO5P/c1-3-23-25(22,24-4-2)12-14-7-5-6-8-15(14)18(21)16(11-19)17(20)13-9-10-13/h5-8,13,16H,3-4,9-10,12H2,1-2H3. The molecule has 0 amide bonds. The Bertz CT molecular complexity index is 725. The largest absolute Gasteiger partial charge is 0.335 e. The zero-order valence-electron chi connectivity index (χ0n) is 14.4. The minimum atomic E-state index is -3.40. The monoisotopic (exact) mass is 363 g/mol. The maximum Gasteiger partial charge on any atom is 0.335 e. The van der Waals surface area contributed by atoms with E-state index in [4.69, 9.17) is 9.05 Å². The molecule has 6 nitrogen and oxygen atoms in total. The van der Waals surface area contributed by atoms with Crippen LogP contribution in [-0.2, 0) is 24.6 Å². The van der Waals surface area contributed by atoms with Crippen LogP contribution >= 0.6 is 7.60 Å². The average molecular weight is 363 g/mol. The van der Waals surface area contributed by atoms with Gasteiger partial charge in [-0.1, -0.05) is 24.3 Å². The number of benzene rings is 1. The zero-order valence-corrected chi connectivity index (χ0v) is 15.3. The van der Waals surface area contributed by atoms with Gasteiger partial charge in [0.2, 0.25) is 0 Å². The van der Waals surface area contributed by atoms with Gasteiger partial charge in [-0.15, -0.1) is 0 Å². The number of hydrogen-bond donors (Lipinski definition) is 0. The van der Waals surface area contributed by atoms with Gasteiger partial charge < -0.3 is 9.05 Å². The van der Waals surface area contributed by atoms with Crippen LogP contribution in [0.15, 0.2) is 24.3 Å². The van der Waals surface area contributed by atoms with Crippen LogP contribution in [0.25, 0.3) is 0 Å². The van der Waals surface area contributed by atoms with Gasteiger partial charge in [0, 0.05) is 11.5 Å². The molecule has 0 bridgehead atoms. The van der Waals surface area contributed by atoms with Gasteiger partial charge in [0.1, 0.15) is 0 Å². The predicted octanol–water partition coefficient (Wildman–Crippen LogP) is 3.75. The minimum Gasteiger partial charge on any atom is -0.309 e. The van der Waals surface area contributed by atoms with Crippen LogP contribution < -0.4 is 0 Å². The van der Waals surface area contributed by atoms with E-state index in [0.29, 0.717) is 5.56 Å². The molecule has 1 saturated carbocycles. The number of carbonyl (C=O) groups is 2. The van der Waals surface area contributed by atoms with Crippen molar-refractivity contribution in [2.24, 2.45) is 11.8 Å². The minimum absolute atomic E-state index is 0.0770. The molecule has 1 aliphatic carbocycles. The number of ketones is 2. The van der Waals surface area contributed by atoms with Crippen LogP contribution in [-0.4, -0.2) is 24.8 Å². The normalized spacial score (nSPS) is 15.4. The summed E-state index contributed by atoms with van der Waals surface area (Å²) in [5.41, 5.74) is 0.685. The van der Waals surface area contributed by atoms with Crippen molar-refractivity contribution < 1.29 is 23.2 Å². The van der Waals surface area contributed by atoms with Gasteiger partial charge >= 0.3 is 7.60 Å². The lowest BCUT2D eigenvalue weighted by molar-refractivity contribution is -0.121. The summed E-state index contributed by atoms with van der Waals surface area (Å²) in [4.78, 5) is 25.0. The highest BCUT2D eigenvalue weighted by molar-refractivity contribution is 7.53. The van der Waals surface area contributed by atoms with E-state index in [9.17, 15) is 19.4 Å². The summed E-state index contributed by atoms with van der Waals surface area (Å²) in [6.45, 7) is 3.86. The van der Waals surface area contributed by atoms with Gasteiger partial charge in [0.05, 0.1) is 25.4 Å². The summed E-state index contributed by atoms with van der Waals surface area (Å²) in [7, 11) is -3.40. The second-order valence-electron chi connectivity index (χ2n) is 5.86. The van der Waals surface area contributed by atoms with Gasteiger partial charge in [-0.3, -0.25) is 14.2 Å². The van der Waals surface area contributed by atoms with E-state index in [0.717, 1.165) is 12.8 Å². The van der Waals surface area contributed by atoms with E-state index in [1.165, 1.54) is 0 Å². The fourth-order valence-electron chi connectivity index (χ4n) is 2.64. The van der Waals surface area contributed by atoms with Crippen LogP contribution in [0.1, 0.15) is 42.6 Å². The summed E-state index contributed by atoms with van der Waals surface area (Å²) >= 11 is 0. The Labute approximate surface area is 147 Å². The van der Waals surface area contributed by atoms with E-state index < -0.39 is 19.3 Å². The van der Waals surface area contributed by atoms with Crippen molar-refractivity contribution in [2.75, 3.05) is 13.2 Å². The molecule has 0 spiro atoms. The fourth-order valence-corrected chi connectivity index (χ4v) is 4.38. The molecule has 2 rings (SSSR count). The summed E-state index contributed by atoms with van der Waals surface area (Å²) in [6.07, 6.45) is 1.39. The van der Waals surface area contributed by atoms with Crippen molar-refractivity contribution in [3.05, 3.63) is 35.4 Å². The quantitative estimate of drug-likeness (QED) is 0.357. The van der Waals surface area contributed by atoms with Gasteiger partial charge in [-0.2, -0.15) is 5.26 Å². The van der Waals surface area contributed by atoms with Crippen molar-refractivity contribution in [2.45, 2.75) is 32.9 Å². The van der Waals surface area contributed by atoms with E-state index >= 15 is 0 Å². The molecule has 0 saturated heterocycles. The summed E-state index contributed by atoms with van der Waals surface area (Å²) < 4.78 is 23.3. The third-order valence-corrected chi connectivity index (χ3v) is 5.99. The maximum atomic E-state index is 12.8. The lowest BCUT2D eigenvalue weighted by atomic mass is 9.90. The zero-order chi connectivity index (χ0) is 18.4.